The first-order chi connectivity index (χ1) is 10.1. The molecule has 1 saturated heterocycles. The molecule has 1 spiro atoms. The van der Waals surface area contributed by atoms with E-state index in [4.69, 9.17) is 0 Å². The van der Waals surface area contributed by atoms with E-state index < -0.39 is 0 Å². The molecule has 0 aromatic heterocycles. The summed E-state index contributed by atoms with van der Waals surface area (Å²) in [5, 5.41) is 3.98. The Bertz CT molecular complexity index is 332. The monoisotopic (exact) mass is 292 g/mol. The average molecular weight is 293 g/mol. The van der Waals surface area contributed by atoms with Crippen LogP contribution in [-0.2, 0) is 0 Å². The second kappa shape index (κ2) is 6.58. The van der Waals surface area contributed by atoms with E-state index in [1.54, 1.807) is 0 Å². The molecule has 3 rings (SSSR count). The Morgan fingerprint density at radius 2 is 1.76 bits per heavy atom. The van der Waals surface area contributed by atoms with Crippen LogP contribution in [0.3, 0.4) is 0 Å². The number of rotatable bonds is 2. The Balaban J connectivity index is 1.73. The molecule has 0 radical (unpaired) electrons. The van der Waals surface area contributed by atoms with E-state index >= 15 is 0 Å². The lowest BCUT2D eigenvalue weighted by Gasteiger charge is -2.51. The summed E-state index contributed by atoms with van der Waals surface area (Å²) < 4.78 is 0. The van der Waals surface area contributed by atoms with Crippen LogP contribution in [0.15, 0.2) is 0 Å². The van der Waals surface area contributed by atoms with Crippen LogP contribution < -0.4 is 5.32 Å². The molecule has 0 amide bonds. The van der Waals surface area contributed by atoms with Gasteiger partial charge in [-0.15, -0.1) is 0 Å². The molecule has 1 aliphatic heterocycles. The van der Waals surface area contributed by atoms with E-state index in [0.29, 0.717) is 5.54 Å². The Morgan fingerprint density at radius 3 is 2.48 bits per heavy atom. The Labute approximate surface area is 132 Å². The maximum absolute atomic E-state index is 3.98. The van der Waals surface area contributed by atoms with Gasteiger partial charge < -0.3 is 5.32 Å². The Kier molecular flexibility index (Phi) is 4.95. The SMILES string of the molecule is CC1CCCC(N2CC3(CCCC3)NCC2C(C)C)CC1. The van der Waals surface area contributed by atoms with Gasteiger partial charge in [-0.25, -0.2) is 0 Å². The minimum atomic E-state index is 0.476. The average Bonchev–Trinajstić information content (AvgIpc) is 2.78. The van der Waals surface area contributed by atoms with Gasteiger partial charge >= 0.3 is 0 Å². The van der Waals surface area contributed by atoms with Crippen LogP contribution in [0.5, 0.6) is 0 Å². The van der Waals surface area contributed by atoms with Crippen LogP contribution in [0.1, 0.15) is 78.6 Å². The maximum atomic E-state index is 3.98. The van der Waals surface area contributed by atoms with Gasteiger partial charge in [0.25, 0.3) is 0 Å². The molecule has 0 bridgehead atoms. The first kappa shape index (κ1) is 15.8. The lowest BCUT2D eigenvalue weighted by atomic mass is 9.86. The minimum absolute atomic E-state index is 0.476. The summed E-state index contributed by atoms with van der Waals surface area (Å²) in [6.07, 6.45) is 13.0. The van der Waals surface area contributed by atoms with Gasteiger partial charge in [0.2, 0.25) is 0 Å². The molecule has 122 valence electrons. The zero-order valence-corrected chi connectivity index (χ0v) is 14.5. The number of piperazine rings is 1. The van der Waals surface area contributed by atoms with Crippen LogP contribution in [0.25, 0.3) is 0 Å². The molecule has 1 heterocycles. The number of hydrogen-bond acceptors (Lipinski definition) is 2. The fraction of sp³-hybridized carbons (Fsp3) is 1.00. The molecule has 2 nitrogen and oxygen atoms in total. The zero-order valence-electron chi connectivity index (χ0n) is 14.5. The van der Waals surface area contributed by atoms with Crippen molar-refractivity contribution in [1.29, 1.82) is 0 Å². The Morgan fingerprint density at radius 1 is 1.00 bits per heavy atom. The molecule has 2 heteroatoms. The Hall–Kier alpha value is -0.0800. The molecule has 0 aromatic carbocycles. The van der Waals surface area contributed by atoms with Crippen molar-refractivity contribution < 1.29 is 0 Å². The summed E-state index contributed by atoms with van der Waals surface area (Å²) >= 11 is 0. The topological polar surface area (TPSA) is 15.3 Å². The van der Waals surface area contributed by atoms with E-state index in [2.05, 4.69) is 31.0 Å². The van der Waals surface area contributed by atoms with Crippen molar-refractivity contribution in [3.05, 3.63) is 0 Å². The van der Waals surface area contributed by atoms with E-state index in [0.717, 1.165) is 23.9 Å². The molecule has 3 atom stereocenters. The summed E-state index contributed by atoms with van der Waals surface area (Å²) in [5.41, 5.74) is 0.476. The molecule has 3 fully saturated rings. The smallest absolute Gasteiger partial charge is 0.0309 e. The van der Waals surface area contributed by atoms with Crippen molar-refractivity contribution in [2.45, 2.75) is 96.2 Å². The third-order valence-electron chi connectivity index (χ3n) is 6.62. The minimum Gasteiger partial charge on any atom is -0.308 e. The van der Waals surface area contributed by atoms with E-state index in [9.17, 15) is 0 Å². The molecule has 21 heavy (non-hydrogen) atoms. The predicted octanol–water partition coefficient (Wildman–Crippen LogP) is 4.20. The highest BCUT2D eigenvalue weighted by molar-refractivity contribution is 5.03. The van der Waals surface area contributed by atoms with Gasteiger partial charge in [0, 0.05) is 30.7 Å². The highest BCUT2D eigenvalue weighted by Crippen LogP contribution is 2.37. The van der Waals surface area contributed by atoms with Crippen molar-refractivity contribution in [2.75, 3.05) is 13.1 Å². The van der Waals surface area contributed by atoms with Crippen molar-refractivity contribution >= 4 is 0 Å². The summed E-state index contributed by atoms with van der Waals surface area (Å²) in [4.78, 5) is 2.96. The van der Waals surface area contributed by atoms with Gasteiger partial charge in [0.05, 0.1) is 0 Å². The van der Waals surface area contributed by atoms with Gasteiger partial charge in [-0.1, -0.05) is 46.5 Å². The molecule has 3 unspecified atom stereocenters. The fourth-order valence-corrected chi connectivity index (χ4v) is 5.17. The molecule has 2 aliphatic carbocycles. The van der Waals surface area contributed by atoms with Crippen LogP contribution in [0, 0.1) is 11.8 Å². The number of nitrogens with zero attached hydrogens (tertiary/aromatic N) is 1. The summed E-state index contributed by atoms with van der Waals surface area (Å²) in [7, 11) is 0. The number of nitrogens with one attached hydrogen (secondary N) is 1. The van der Waals surface area contributed by atoms with Crippen LogP contribution in [0.4, 0.5) is 0 Å². The second-order valence-corrected chi connectivity index (χ2v) is 8.62. The van der Waals surface area contributed by atoms with Crippen LogP contribution in [-0.4, -0.2) is 35.6 Å². The van der Waals surface area contributed by atoms with E-state index in [1.807, 2.05) is 0 Å². The standard InChI is InChI=1S/C19H36N2/c1-15(2)18-13-20-19(11-4-5-12-19)14-21(18)17-8-6-7-16(3)9-10-17/h15-18,20H,4-14H2,1-3H3. The summed E-state index contributed by atoms with van der Waals surface area (Å²) in [6.45, 7) is 9.85. The van der Waals surface area contributed by atoms with E-state index in [-0.39, 0.29) is 0 Å². The molecule has 3 aliphatic rings. The summed E-state index contributed by atoms with van der Waals surface area (Å²) in [5.74, 6) is 1.73. The molecule has 1 N–H and O–H groups in total. The van der Waals surface area contributed by atoms with Gasteiger partial charge in [-0.2, -0.15) is 0 Å². The molecular formula is C19H36N2. The lowest BCUT2D eigenvalue weighted by molar-refractivity contribution is 0.0163. The zero-order chi connectivity index (χ0) is 14.9. The normalized spacial score (nSPS) is 38.0. The van der Waals surface area contributed by atoms with Gasteiger partial charge in [0.15, 0.2) is 0 Å². The largest absolute Gasteiger partial charge is 0.308 e. The van der Waals surface area contributed by atoms with Crippen LogP contribution in [0.2, 0.25) is 0 Å². The van der Waals surface area contributed by atoms with Gasteiger partial charge in [-0.05, 0) is 43.9 Å². The third-order valence-corrected chi connectivity index (χ3v) is 6.62. The molecule has 2 saturated carbocycles. The first-order valence-corrected chi connectivity index (χ1v) is 9.60. The molecule has 0 aromatic rings. The predicted molar refractivity (Wildman–Crippen MR) is 90.6 cm³/mol. The summed E-state index contributed by atoms with van der Waals surface area (Å²) in [6, 6.07) is 1.62. The first-order valence-electron chi connectivity index (χ1n) is 9.60. The quantitative estimate of drug-likeness (QED) is 0.767. The van der Waals surface area contributed by atoms with Crippen molar-refractivity contribution in [2.24, 2.45) is 11.8 Å². The van der Waals surface area contributed by atoms with Crippen molar-refractivity contribution in [1.82, 2.24) is 10.2 Å². The maximum Gasteiger partial charge on any atom is 0.0309 e. The third kappa shape index (κ3) is 3.47. The van der Waals surface area contributed by atoms with Crippen molar-refractivity contribution in [3.63, 3.8) is 0 Å². The van der Waals surface area contributed by atoms with Gasteiger partial charge in [-0.3, -0.25) is 4.90 Å². The lowest BCUT2D eigenvalue weighted by Crippen LogP contribution is -2.66. The van der Waals surface area contributed by atoms with Gasteiger partial charge in [0.1, 0.15) is 0 Å². The van der Waals surface area contributed by atoms with E-state index in [1.165, 1.54) is 70.9 Å². The highest BCUT2D eigenvalue weighted by atomic mass is 15.3. The number of hydrogen-bond donors (Lipinski definition) is 1. The fourth-order valence-electron chi connectivity index (χ4n) is 5.17. The second-order valence-electron chi connectivity index (χ2n) is 8.62. The van der Waals surface area contributed by atoms with Crippen LogP contribution >= 0.6 is 0 Å². The highest BCUT2D eigenvalue weighted by Gasteiger charge is 2.43. The van der Waals surface area contributed by atoms with Crippen molar-refractivity contribution in [3.8, 4) is 0 Å². The molecular weight excluding hydrogens is 256 g/mol.